The number of pyridine rings is 1. The van der Waals surface area contributed by atoms with Gasteiger partial charge in [0.2, 0.25) is 0 Å². The molecule has 3 heterocycles. The first-order chi connectivity index (χ1) is 17.1. The van der Waals surface area contributed by atoms with Crippen molar-refractivity contribution < 1.29 is 0 Å². The number of hydrogen-bond acceptors (Lipinski definition) is 6. The van der Waals surface area contributed by atoms with E-state index < -0.39 is 0 Å². The van der Waals surface area contributed by atoms with E-state index in [0.29, 0.717) is 19.6 Å². The van der Waals surface area contributed by atoms with Crippen LogP contribution in [0.15, 0.2) is 76.9 Å². The van der Waals surface area contributed by atoms with Crippen LogP contribution >= 0.6 is 11.3 Å². The number of tetrazole rings is 1. The molecule has 0 fully saturated rings. The summed E-state index contributed by atoms with van der Waals surface area (Å²) in [7, 11) is 0. The minimum atomic E-state index is -0.0540. The van der Waals surface area contributed by atoms with E-state index in [9.17, 15) is 4.79 Å². The molecule has 0 spiro atoms. The molecule has 0 saturated heterocycles. The van der Waals surface area contributed by atoms with Gasteiger partial charge in [-0.2, -0.15) is 0 Å². The van der Waals surface area contributed by atoms with Gasteiger partial charge in [-0.1, -0.05) is 61.5 Å². The van der Waals surface area contributed by atoms with E-state index in [0.717, 1.165) is 39.8 Å². The van der Waals surface area contributed by atoms with Crippen molar-refractivity contribution in [3.63, 3.8) is 0 Å². The lowest BCUT2D eigenvalue weighted by molar-refractivity contribution is 0.163. The van der Waals surface area contributed by atoms with Crippen molar-refractivity contribution in [2.75, 3.05) is 0 Å². The highest BCUT2D eigenvalue weighted by Crippen LogP contribution is 2.28. The van der Waals surface area contributed by atoms with Crippen LogP contribution in [0.2, 0.25) is 0 Å². The molecule has 2 aromatic carbocycles. The Morgan fingerprint density at radius 3 is 2.69 bits per heavy atom. The van der Waals surface area contributed by atoms with Crippen molar-refractivity contribution >= 4 is 22.2 Å². The van der Waals surface area contributed by atoms with E-state index in [1.165, 1.54) is 4.88 Å². The third-order valence-electron chi connectivity index (χ3n) is 6.34. The van der Waals surface area contributed by atoms with Crippen LogP contribution < -0.4 is 5.56 Å². The minimum absolute atomic E-state index is 0.0524. The summed E-state index contributed by atoms with van der Waals surface area (Å²) in [5.41, 5.74) is 3.78. The summed E-state index contributed by atoms with van der Waals surface area (Å²) in [5.74, 6) is 0.806. The minimum Gasteiger partial charge on any atom is -0.321 e. The molecule has 0 radical (unpaired) electrons. The third kappa shape index (κ3) is 5.08. The van der Waals surface area contributed by atoms with Gasteiger partial charge in [0, 0.05) is 23.5 Å². The Hall–Kier alpha value is -3.62. The van der Waals surface area contributed by atoms with E-state index >= 15 is 0 Å². The van der Waals surface area contributed by atoms with E-state index in [1.54, 1.807) is 11.3 Å². The number of H-pyrrole nitrogens is 1. The molecule has 5 aromatic rings. The molecule has 0 aliphatic rings. The lowest BCUT2D eigenvalue weighted by Gasteiger charge is -2.30. The van der Waals surface area contributed by atoms with Crippen LogP contribution in [0, 0.1) is 6.92 Å². The maximum absolute atomic E-state index is 13.1. The van der Waals surface area contributed by atoms with Gasteiger partial charge in [-0.05, 0) is 57.8 Å². The van der Waals surface area contributed by atoms with Crippen molar-refractivity contribution in [2.45, 2.75) is 45.9 Å². The van der Waals surface area contributed by atoms with Gasteiger partial charge in [0.1, 0.15) is 0 Å². The molecule has 0 aliphatic carbocycles. The van der Waals surface area contributed by atoms with Gasteiger partial charge in [0.05, 0.1) is 18.1 Å². The van der Waals surface area contributed by atoms with Gasteiger partial charge in [0.25, 0.3) is 5.56 Å². The Kier molecular flexibility index (Phi) is 6.83. The van der Waals surface area contributed by atoms with Gasteiger partial charge < -0.3 is 4.98 Å². The van der Waals surface area contributed by atoms with Gasteiger partial charge in [-0.15, -0.1) is 16.4 Å². The molecule has 0 saturated carbocycles. The zero-order valence-corrected chi connectivity index (χ0v) is 20.7. The van der Waals surface area contributed by atoms with E-state index in [2.05, 4.69) is 62.0 Å². The average molecular weight is 485 g/mol. The van der Waals surface area contributed by atoms with Crippen LogP contribution in [0.4, 0.5) is 0 Å². The Morgan fingerprint density at radius 2 is 1.91 bits per heavy atom. The highest BCUT2D eigenvalue weighted by Gasteiger charge is 2.26. The summed E-state index contributed by atoms with van der Waals surface area (Å²) >= 11 is 1.72. The molecule has 178 valence electrons. The zero-order chi connectivity index (χ0) is 24.2. The van der Waals surface area contributed by atoms with Gasteiger partial charge in [-0.3, -0.25) is 9.69 Å². The first-order valence-electron chi connectivity index (χ1n) is 11.8. The first kappa shape index (κ1) is 23.1. The smallest absolute Gasteiger partial charge is 0.252 e. The number of hydrogen-bond donors (Lipinski definition) is 1. The second kappa shape index (κ2) is 10.3. The lowest BCUT2D eigenvalue weighted by atomic mass is 10.1. The number of aromatic amines is 1. The third-order valence-corrected chi connectivity index (χ3v) is 7.20. The summed E-state index contributed by atoms with van der Waals surface area (Å²) in [4.78, 5) is 19.8. The fourth-order valence-electron chi connectivity index (χ4n) is 4.57. The highest BCUT2D eigenvalue weighted by atomic mass is 32.1. The fourth-order valence-corrected chi connectivity index (χ4v) is 5.30. The Bertz CT molecular complexity index is 1460. The molecule has 0 amide bonds. The number of nitrogens with one attached hydrogen (secondary N) is 1. The molecular weight excluding hydrogens is 456 g/mol. The van der Waals surface area contributed by atoms with Crippen molar-refractivity contribution in [1.29, 1.82) is 0 Å². The van der Waals surface area contributed by atoms with Crippen molar-refractivity contribution in [1.82, 2.24) is 30.1 Å². The predicted octanol–water partition coefficient (Wildman–Crippen LogP) is 5.09. The molecule has 35 heavy (non-hydrogen) atoms. The fraction of sp³-hybridized carbons (Fsp3) is 0.259. The highest BCUT2D eigenvalue weighted by molar-refractivity contribution is 7.09. The second-order valence-electron chi connectivity index (χ2n) is 8.75. The topological polar surface area (TPSA) is 79.7 Å². The lowest BCUT2D eigenvalue weighted by Crippen LogP contribution is -2.32. The van der Waals surface area contributed by atoms with Crippen molar-refractivity contribution in [3.05, 3.63) is 110 Å². The Labute approximate surface area is 208 Å². The summed E-state index contributed by atoms with van der Waals surface area (Å²) in [5, 5.41) is 15.9. The summed E-state index contributed by atoms with van der Waals surface area (Å²) in [6.45, 7) is 5.96. The molecule has 8 heteroatoms. The molecule has 3 aromatic heterocycles. The van der Waals surface area contributed by atoms with Crippen LogP contribution in [0.25, 0.3) is 10.9 Å². The summed E-state index contributed by atoms with van der Waals surface area (Å²) in [6.07, 6.45) is 0.811. The number of nitrogens with zero attached hydrogens (tertiary/aromatic N) is 5. The summed E-state index contributed by atoms with van der Waals surface area (Å²) in [6, 6.07) is 22.4. The van der Waals surface area contributed by atoms with Crippen LogP contribution in [-0.2, 0) is 19.6 Å². The van der Waals surface area contributed by atoms with Crippen LogP contribution in [0.5, 0.6) is 0 Å². The molecular formula is C27H28N6OS. The number of rotatable bonds is 9. The number of aromatic nitrogens is 5. The van der Waals surface area contributed by atoms with Crippen LogP contribution in [0.3, 0.4) is 0 Å². The zero-order valence-electron chi connectivity index (χ0n) is 19.9. The number of benzene rings is 2. The van der Waals surface area contributed by atoms with Gasteiger partial charge in [-0.25, -0.2) is 4.68 Å². The van der Waals surface area contributed by atoms with Gasteiger partial charge >= 0.3 is 0 Å². The number of thiophene rings is 1. The Balaban J connectivity index is 1.51. The second-order valence-corrected chi connectivity index (χ2v) is 9.78. The average Bonchev–Trinajstić information content (AvgIpc) is 3.54. The molecule has 7 nitrogen and oxygen atoms in total. The van der Waals surface area contributed by atoms with E-state index in [-0.39, 0.29) is 11.6 Å². The van der Waals surface area contributed by atoms with Crippen molar-refractivity contribution in [2.24, 2.45) is 0 Å². The molecule has 1 atom stereocenters. The maximum Gasteiger partial charge on any atom is 0.252 e. The van der Waals surface area contributed by atoms with Crippen molar-refractivity contribution in [3.8, 4) is 0 Å². The normalized spacial score (nSPS) is 12.4. The molecule has 1 unspecified atom stereocenters. The number of aryl methyl sites for hydroxylation is 1. The van der Waals surface area contributed by atoms with Gasteiger partial charge in [0.15, 0.2) is 5.82 Å². The monoisotopic (exact) mass is 484 g/mol. The predicted molar refractivity (Wildman–Crippen MR) is 139 cm³/mol. The Morgan fingerprint density at radius 1 is 1.06 bits per heavy atom. The SMILES string of the molecule is CCC(c1nnnn1Cc1ccccc1)N(Cc1cccs1)Cc1cc2cccc(C)c2[nH]c1=O. The largest absolute Gasteiger partial charge is 0.321 e. The maximum atomic E-state index is 13.1. The quantitative estimate of drug-likeness (QED) is 0.315. The number of fused-ring (bicyclic) bond motifs is 1. The van der Waals surface area contributed by atoms with Crippen LogP contribution in [0.1, 0.15) is 46.8 Å². The molecule has 0 bridgehead atoms. The standard InChI is InChI=1S/C27H28N6OS/c1-3-24(26-29-30-31-33(26)16-20-10-5-4-6-11-20)32(18-23-13-8-14-35-23)17-22-15-21-12-7-9-19(2)25(21)28-27(22)34/h4-15,24H,3,16-18H2,1-2H3,(H,28,34). The summed E-state index contributed by atoms with van der Waals surface area (Å²) < 4.78 is 1.87. The molecule has 0 aliphatic heterocycles. The van der Waals surface area contributed by atoms with E-state index in [1.807, 2.05) is 54.1 Å². The molecule has 1 N–H and O–H groups in total. The van der Waals surface area contributed by atoms with Crippen LogP contribution in [-0.4, -0.2) is 30.1 Å². The molecule has 5 rings (SSSR count). The van der Waals surface area contributed by atoms with E-state index in [4.69, 9.17) is 0 Å². The first-order valence-corrected chi connectivity index (χ1v) is 12.7. The number of para-hydroxylation sites is 1.